The van der Waals surface area contributed by atoms with Crippen molar-refractivity contribution in [3.63, 3.8) is 0 Å². The number of Topliss-reactive ketones (excluding diaryl/α,β-unsaturated/α-hetero) is 1. The molecule has 0 bridgehead atoms. The zero-order chi connectivity index (χ0) is 18.9. The van der Waals surface area contributed by atoms with E-state index in [9.17, 15) is 23.6 Å². The number of hydrogen-bond donors (Lipinski definition) is 2. The van der Waals surface area contributed by atoms with Crippen molar-refractivity contribution in [3.8, 4) is 0 Å². The summed E-state index contributed by atoms with van der Waals surface area (Å²) in [6, 6.07) is 8.24. The third kappa shape index (κ3) is 6.10. The van der Waals surface area contributed by atoms with Crippen LogP contribution in [0.3, 0.4) is 0 Å². The predicted octanol–water partition coefficient (Wildman–Crippen LogP) is 1.85. The number of carbonyl (C=O) groups excluding carboxylic acids is 4. The van der Waals surface area contributed by atoms with Crippen LogP contribution < -0.4 is 10.9 Å². The van der Waals surface area contributed by atoms with E-state index in [1.54, 1.807) is 17.5 Å². The van der Waals surface area contributed by atoms with Crippen LogP contribution in [0.2, 0.25) is 0 Å². The van der Waals surface area contributed by atoms with Gasteiger partial charge in [-0.2, -0.15) is 0 Å². The molecule has 9 heteroatoms. The summed E-state index contributed by atoms with van der Waals surface area (Å²) in [5.41, 5.74) is 4.58. The van der Waals surface area contributed by atoms with Crippen molar-refractivity contribution in [3.05, 3.63) is 58.0 Å². The summed E-state index contributed by atoms with van der Waals surface area (Å²) in [6.07, 6.45) is -0.341. The van der Waals surface area contributed by atoms with Gasteiger partial charge in [-0.1, -0.05) is 6.07 Å². The fourth-order valence-corrected chi connectivity index (χ4v) is 2.46. The summed E-state index contributed by atoms with van der Waals surface area (Å²) in [5, 5.41) is 1.71. The molecule has 0 atom stereocenters. The highest BCUT2D eigenvalue weighted by atomic mass is 32.1. The van der Waals surface area contributed by atoms with Crippen molar-refractivity contribution < 1.29 is 28.3 Å². The molecule has 7 nitrogen and oxygen atoms in total. The second kappa shape index (κ2) is 9.42. The Morgan fingerprint density at radius 3 is 2.38 bits per heavy atom. The summed E-state index contributed by atoms with van der Waals surface area (Å²) < 4.78 is 17.5. The first-order chi connectivity index (χ1) is 12.5. The van der Waals surface area contributed by atoms with Gasteiger partial charge < -0.3 is 4.74 Å². The first kappa shape index (κ1) is 19.3. The number of nitrogens with one attached hydrogen (secondary N) is 2. The summed E-state index contributed by atoms with van der Waals surface area (Å²) in [4.78, 5) is 46.9. The van der Waals surface area contributed by atoms with Crippen molar-refractivity contribution in [2.75, 3.05) is 6.61 Å². The normalized spacial score (nSPS) is 10.0. The highest BCUT2D eigenvalue weighted by Gasteiger charge is 2.13. The van der Waals surface area contributed by atoms with E-state index in [4.69, 9.17) is 4.74 Å². The van der Waals surface area contributed by atoms with Crippen LogP contribution >= 0.6 is 11.3 Å². The molecule has 0 saturated heterocycles. The number of hydrogen-bond acceptors (Lipinski definition) is 6. The predicted molar refractivity (Wildman–Crippen MR) is 90.9 cm³/mol. The van der Waals surface area contributed by atoms with Crippen molar-refractivity contribution in [1.29, 1.82) is 0 Å². The van der Waals surface area contributed by atoms with Crippen LogP contribution in [0.25, 0.3) is 0 Å². The molecule has 0 unspecified atom stereocenters. The molecular weight excluding hydrogens is 363 g/mol. The average Bonchev–Trinajstić information content (AvgIpc) is 3.17. The molecular formula is C17H15FN2O5S. The van der Waals surface area contributed by atoms with E-state index in [1.165, 1.54) is 23.5 Å². The van der Waals surface area contributed by atoms with Crippen molar-refractivity contribution in [2.24, 2.45) is 0 Å². The Labute approximate surface area is 152 Å². The Kier molecular flexibility index (Phi) is 6.98. The number of hydrazine groups is 1. The Hall–Kier alpha value is -3.07. The van der Waals surface area contributed by atoms with Crippen LogP contribution in [0.1, 0.15) is 32.9 Å². The second-order valence-corrected chi connectivity index (χ2v) is 6.02. The van der Waals surface area contributed by atoms with E-state index in [0.29, 0.717) is 4.88 Å². The third-order valence-electron chi connectivity index (χ3n) is 3.15. The molecule has 0 aliphatic rings. The lowest BCUT2D eigenvalue weighted by Crippen LogP contribution is -2.43. The number of amides is 2. The smallest absolute Gasteiger partial charge is 0.306 e. The molecule has 2 rings (SSSR count). The molecule has 136 valence electrons. The molecule has 0 radical (unpaired) electrons. The lowest BCUT2D eigenvalue weighted by Gasteiger charge is -2.07. The number of thiophene rings is 1. The Morgan fingerprint density at radius 1 is 1.00 bits per heavy atom. The van der Waals surface area contributed by atoms with Crippen LogP contribution in [0, 0.1) is 5.82 Å². The maximum atomic E-state index is 12.8. The molecule has 0 aliphatic carbocycles. The van der Waals surface area contributed by atoms with Crippen LogP contribution in [-0.4, -0.2) is 30.2 Å². The minimum Gasteiger partial charge on any atom is -0.455 e. The Balaban J connectivity index is 1.64. The SMILES string of the molecule is O=C(COC(=O)CCC(=O)c1ccc(F)cc1)NNC(=O)c1cccs1. The maximum Gasteiger partial charge on any atom is 0.306 e. The van der Waals surface area contributed by atoms with Gasteiger partial charge in [0.2, 0.25) is 0 Å². The zero-order valence-electron chi connectivity index (χ0n) is 13.5. The quantitative estimate of drug-likeness (QED) is 0.435. The minimum absolute atomic E-state index is 0.124. The fraction of sp³-hybridized carbons (Fsp3) is 0.176. The number of halogens is 1. The molecule has 2 aromatic rings. The molecule has 2 N–H and O–H groups in total. The molecule has 0 spiro atoms. The van der Waals surface area contributed by atoms with Gasteiger partial charge in [-0.15, -0.1) is 11.3 Å². The molecule has 26 heavy (non-hydrogen) atoms. The van der Waals surface area contributed by atoms with Crippen LogP contribution in [0.15, 0.2) is 41.8 Å². The highest BCUT2D eigenvalue weighted by molar-refractivity contribution is 7.12. The summed E-state index contributed by atoms with van der Waals surface area (Å²) in [7, 11) is 0. The molecule has 1 aromatic carbocycles. The van der Waals surface area contributed by atoms with E-state index in [2.05, 4.69) is 10.9 Å². The summed E-state index contributed by atoms with van der Waals surface area (Å²) in [6.45, 7) is -0.589. The Morgan fingerprint density at radius 2 is 1.73 bits per heavy atom. The van der Waals surface area contributed by atoms with Gasteiger partial charge >= 0.3 is 5.97 Å². The van der Waals surface area contributed by atoms with Crippen LogP contribution in [0.4, 0.5) is 4.39 Å². The van der Waals surface area contributed by atoms with Gasteiger partial charge in [0.05, 0.1) is 11.3 Å². The third-order valence-corrected chi connectivity index (χ3v) is 4.02. The largest absolute Gasteiger partial charge is 0.455 e. The minimum atomic E-state index is -0.736. The zero-order valence-corrected chi connectivity index (χ0v) is 14.3. The van der Waals surface area contributed by atoms with Crippen molar-refractivity contribution >= 4 is 34.9 Å². The molecule has 0 saturated carbocycles. The number of ketones is 1. The van der Waals surface area contributed by atoms with E-state index in [-0.39, 0.29) is 24.2 Å². The van der Waals surface area contributed by atoms with Gasteiger partial charge in [0.1, 0.15) is 5.82 Å². The van der Waals surface area contributed by atoms with Crippen molar-refractivity contribution in [2.45, 2.75) is 12.8 Å². The van der Waals surface area contributed by atoms with Gasteiger partial charge in [-0.25, -0.2) is 4.39 Å². The van der Waals surface area contributed by atoms with E-state index >= 15 is 0 Å². The second-order valence-electron chi connectivity index (χ2n) is 5.07. The van der Waals surface area contributed by atoms with E-state index in [1.807, 2.05) is 0 Å². The number of benzene rings is 1. The average molecular weight is 378 g/mol. The number of rotatable bonds is 7. The van der Waals surface area contributed by atoms with Crippen LogP contribution in [-0.2, 0) is 14.3 Å². The molecule has 1 aromatic heterocycles. The lowest BCUT2D eigenvalue weighted by molar-refractivity contribution is -0.148. The molecule has 0 aliphatic heterocycles. The van der Waals surface area contributed by atoms with E-state index < -0.39 is 30.2 Å². The maximum absolute atomic E-state index is 12.8. The lowest BCUT2D eigenvalue weighted by atomic mass is 10.1. The first-order valence-corrected chi connectivity index (χ1v) is 8.41. The van der Waals surface area contributed by atoms with Crippen molar-refractivity contribution in [1.82, 2.24) is 10.9 Å². The van der Waals surface area contributed by atoms with Gasteiger partial charge in [0.25, 0.3) is 11.8 Å². The number of carbonyl (C=O) groups is 4. The highest BCUT2D eigenvalue weighted by Crippen LogP contribution is 2.08. The van der Waals surface area contributed by atoms with E-state index in [0.717, 1.165) is 12.1 Å². The molecule has 1 heterocycles. The van der Waals surface area contributed by atoms with Gasteiger partial charge in [0.15, 0.2) is 12.4 Å². The molecule has 2 amide bonds. The standard InChI is InChI=1S/C17H15FN2O5S/c18-12-5-3-11(4-6-12)13(21)7-8-16(23)25-10-15(22)19-20-17(24)14-2-1-9-26-14/h1-6,9H,7-8,10H2,(H,19,22)(H,20,24). The van der Waals surface area contributed by atoms with Gasteiger partial charge in [-0.05, 0) is 35.7 Å². The fourth-order valence-electron chi connectivity index (χ4n) is 1.85. The Bertz CT molecular complexity index is 790. The monoisotopic (exact) mass is 378 g/mol. The summed E-state index contributed by atoms with van der Waals surface area (Å²) in [5.74, 6) is -2.73. The number of ether oxygens (including phenoxy) is 1. The molecule has 0 fully saturated rings. The van der Waals surface area contributed by atoms with Crippen LogP contribution in [0.5, 0.6) is 0 Å². The van der Waals surface area contributed by atoms with Gasteiger partial charge in [0, 0.05) is 12.0 Å². The topological polar surface area (TPSA) is 102 Å². The first-order valence-electron chi connectivity index (χ1n) is 7.53. The number of esters is 1. The van der Waals surface area contributed by atoms with Gasteiger partial charge in [-0.3, -0.25) is 30.0 Å². The summed E-state index contributed by atoms with van der Waals surface area (Å²) >= 11 is 1.21.